The van der Waals surface area contributed by atoms with Gasteiger partial charge in [-0.05, 0) is 19.3 Å². The Labute approximate surface area is 84.0 Å². The van der Waals surface area contributed by atoms with Gasteiger partial charge in [0.2, 0.25) is 0 Å². The standard InChI is InChI=1S/C7H17NO.H3O4P/c1-3-5-6-7(8,9)4-2;1-5(2,3)4/h9H,3-6,8H2,1-2H3;(H3,1,2,3,4)/p-3. The Kier molecular flexibility index (Phi) is 8.63. The second kappa shape index (κ2) is 7.34. The van der Waals surface area contributed by atoms with E-state index in [1.807, 2.05) is 6.92 Å². The summed E-state index contributed by atoms with van der Waals surface area (Å²) < 4.78 is 8.55. The van der Waals surface area contributed by atoms with E-state index >= 15 is 0 Å². The van der Waals surface area contributed by atoms with Crippen LogP contribution in [0.1, 0.15) is 39.5 Å². The molecule has 0 amide bonds. The predicted molar refractivity (Wildman–Crippen MR) is 46.6 cm³/mol. The molecule has 0 aromatic heterocycles. The zero-order valence-electron chi connectivity index (χ0n) is 8.43. The van der Waals surface area contributed by atoms with Gasteiger partial charge in [-0.25, -0.2) is 0 Å². The van der Waals surface area contributed by atoms with Crippen molar-refractivity contribution in [3.05, 3.63) is 0 Å². The third-order valence-corrected chi connectivity index (χ3v) is 1.58. The zero-order valence-corrected chi connectivity index (χ0v) is 9.33. The first-order valence-electron chi connectivity index (χ1n) is 4.36. The van der Waals surface area contributed by atoms with Crippen molar-refractivity contribution in [2.75, 3.05) is 0 Å². The van der Waals surface area contributed by atoms with Crippen molar-refractivity contribution in [1.82, 2.24) is 0 Å². The molecule has 88 valence electrons. The van der Waals surface area contributed by atoms with Crippen molar-refractivity contribution in [3.8, 4) is 0 Å². The molecule has 1 atom stereocenters. The topological polar surface area (TPSA) is 132 Å². The molecule has 0 spiro atoms. The van der Waals surface area contributed by atoms with Gasteiger partial charge in [-0.15, -0.1) is 0 Å². The number of hydrogen-bond donors (Lipinski definition) is 2. The first-order valence-corrected chi connectivity index (χ1v) is 5.82. The number of unbranched alkanes of at least 4 members (excludes halogenated alkanes) is 1. The van der Waals surface area contributed by atoms with E-state index in [0.717, 1.165) is 19.3 Å². The molecule has 0 saturated heterocycles. The van der Waals surface area contributed by atoms with Crippen LogP contribution in [0, 0.1) is 0 Å². The molecule has 1 unspecified atom stereocenters. The average molecular weight is 226 g/mol. The maximum Gasteiger partial charge on any atom is 0.113 e. The quantitative estimate of drug-likeness (QED) is 0.438. The Bertz CT molecular complexity index is 171. The van der Waals surface area contributed by atoms with Gasteiger partial charge >= 0.3 is 0 Å². The normalized spacial score (nSPS) is 15.4. The molecule has 6 nitrogen and oxygen atoms in total. The summed E-state index contributed by atoms with van der Waals surface area (Å²) >= 11 is 0. The highest BCUT2D eigenvalue weighted by atomic mass is 31.2. The minimum atomic E-state index is -5.39. The molecule has 0 saturated carbocycles. The Morgan fingerprint density at radius 3 is 1.93 bits per heavy atom. The van der Waals surface area contributed by atoms with Crippen LogP contribution in [0.3, 0.4) is 0 Å². The molecule has 7 heteroatoms. The average Bonchev–Trinajstić information content (AvgIpc) is 1.98. The van der Waals surface area contributed by atoms with Crippen LogP contribution < -0.4 is 20.4 Å². The summed E-state index contributed by atoms with van der Waals surface area (Å²) in [6.45, 7) is 3.99. The van der Waals surface area contributed by atoms with Gasteiger partial charge in [0, 0.05) is 0 Å². The number of phosphoric acid groups is 1. The molecule has 0 bridgehead atoms. The van der Waals surface area contributed by atoms with E-state index in [0.29, 0.717) is 6.42 Å². The minimum absolute atomic E-state index is 0.646. The molecule has 3 N–H and O–H groups in total. The van der Waals surface area contributed by atoms with Crippen LogP contribution >= 0.6 is 7.82 Å². The van der Waals surface area contributed by atoms with Crippen molar-refractivity contribution in [2.24, 2.45) is 5.73 Å². The largest absolute Gasteiger partial charge is 0.822 e. The number of aliphatic hydroxyl groups is 1. The molecule has 0 aliphatic carbocycles. The first-order chi connectivity index (χ1) is 6.12. The van der Waals surface area contributed by atoms with E-state index in [-0.39, 0.29) is 0 Å². The van der Waals surface area contributed by atoms with Crippen molar-refractivity contribution in [3.63, 3.8) is 0 Å². The molecule has 0 aliphatic heterocycles. The van der Waals surface area contributed by atoms with Crippen LogP contribution in [-0.4, -0.2) is 10.8 Å². The van der Waals surface area contributed by atoms with Crippen molar-refractivity contribution < 1.29 is 24.4 Å². The summed E-state index contributed by atoms with van der Waals surface area (Å²) in [5.41, 5.74) is 4.55. The van der Waals surface area contributed by atoms with Gasteiger partial charge in [-0.2, -0.15) is 7.82 Å². The van der Waals surface area contributed by atoms with Gasteiger partial charge < -0.3 is 30.1 Å². The SMILES string of the molecule is CCCCC(N)(O)CC.O=P([O-])([O-])[O-]. The molecule has 0 aliphatic rings. The van der Waals surface area contributed by atoms with Crippen LogP contribution in [0.2, 0.25) is 0 Å². The lowest BCUT2D eigenvalue weighted by Gasteiger charge is -2.36. The fourth-order valence-electron chi connectivity index (χ4n) is 0.660. The molecule has 0 aromatic rings. The summed E-state index contributed by atoms with van der Waals surface area (Å²) in [7, 11) is -5.39. The predicted octanol–water partition coefficient (Wildman–Crippen LogP) is -1.59. The first kappa shape index (κ1) is 16.5. The summed E-state index contributed by atoms with van der Waals surface area (Å²) in [6.07, 6.45) is 3.48. The Balaban J connectivity index is 0. The summed E-state index contributed by atoms with van der Waals surface area (Å²) in [5.74, 6) is 0. The van der Waals surface area contributed by atoms with E-state index in [4.69, 9.17) is 25.0 Å². The van der Waals surface area contributed by atoms with E-state index < -0.39 is 13.5 Å². The van der Waals surface area contributed by atoms with Gasteiger partial charge in [-0.3, -0.25) is 0 Å². The molecule has 0 rings (SSSR count). The molecular weight excluding hydrogens is 209 g/mol. The van der Waals surface area contributed by atoms with Crippen molar-refractivity contribution >= 4 is 7.82 Å². The number of rotatable bonds is 4. The lowest BCUT2D eigenvalue weighted by Crippen LogP contribution is -2.38. The Morgan fingerprint density at radius 1 is 1.36 bits per heavy atom. The van der Waals surface area contributed by atoms with Crippen LogP contribution in [0.15, 0.2) is 0 Å². The van der Waals surface area contributed by atoms with Gasteiger partial charge in [0.1, 0.15) is 5.72 Å². The molecule has 0 heterocycles. The fraction of sp³-hybridized carbons (Fsp3) is 1.00. The van der Waals surface area contributed by atoms with Crippen LogP contribution in [-0.2, 0) is 4.57 Å². The highest BCUT2D eigenvalue weighted by molar-refractivity contribution is 7.40. The summed E-state index contributed by atoms with van der Waals surface area (Å²) in [4.78, 5) is 25.6. The van der Waals surface area contributed by atoms with Gasteiger partial charge in [0.15, 0.2) is 0 Å². The molecule has 0 fully saturated rings. The van der Waals surface area contributed by atoms with E-state index in [2.05, 4.69) is 6.92 Å². The summed E-state index contributed by atoms with van der Waals surface area (Å²) in [6, 6.07) is 0. The van der Waals surface area contributed by atoms with Gasteiger partial charge in [0.25, 0.3) is 0 Å². The Morgan fingerprint density at radius 2 is 1.71 bits per heavy atom. The highest BCUT2D eigenvalue weighted by Gasteiger charge is 2.15. The van der Waals surface area contributed by atoms with E-state index in [1.54, 1.807) is 0 Å². The second-order valence-electron chi connectivity index (χ2n) is 3.01. The Hall–Kier alpha value is 0.0300. The molecule has 14 heavy (non-hydrogen) atoms. The molecule has 0 aromatic carbocycles. The monoisotopic (exact) mass is 226 g/mol. The number of hydrogen-bond acceptors (Lipinski definition) is 6. The second-order valence-corrected chi connectivity index (χ2v) is 3.90. The fourth-order valence-corrected chi connectivity index (χ4v) is 0.660. The van der Waals surface area contributed by atoms with Crippen LogP contribution in [0.4, 0.5) is 0 Å². The van der Waals surface area contributed by atoms with Crippen LogP contribution in [0.25, 0.3) is 0 Å². The van der Waals surface area contributed by atoms with Crippen molar-refractivity contribution in [1.29, 1.82) is 0 Å². The molecule has 0 radical (unpaired) electrons. The maximum atomic E-state index is 9.23. The van der Waals surface area contributed by atoms with Crippen LogP contribution in [0.5, 0.6) is 0 Å². The van der Waals surface area contributed by atoms with E-state index in [9.17, 15) is 5.11 Å². The lowest BCUT2D eigenvalue weighted by molar-refractivity contribution is -0.432. The number of nitrogens with two attached hydrogens (primary N) is 1. The highest BCUT2D eigenvalue weighted by Crippen LogP contribution is 2.10. The third kappa shape index (κ3) is 22.7. The summed E-state index contributed by atoms with van der Waals surface area (Å²) in [5, 5.41) is 9.23. The van der Waals surface area contributed by atoms with Gasteiger partial charge in [0.05, 0.1) is 0 Å². The smallest absolute Gasteiger partial charge is 0.113 e. The zero-order chi connectivity index (χ0) is 11.8. The third-order valence-electron chi connectivity index (χ3n) is 1.58. The lowest BCUT2D eigenvalue weighted by atomic mass is 10.1. The van der Waals surface area contributed by atoms with Gasteiger partial charge in [-0.1, -0.05) is 20.3 Å². The molecular formula is C7H17NO5P-3. The van der Waals surface area contributed by atoms with Crippen molar-refractivity contribution in [2.45, 2.75) is 45.3 Å². The minimum Gasteiger partial charge on any atom is -0.822 e. The maximum absolute atomic E-state index is 9.23. The van der Waals surface area contributed by atoms with E-state index in [1.165, 1.54) is 0 Å².